The molecule has 1 nitrogen and oxygen atoms in total. The summed E-state index contributed by atoms with van der Waals surface area (Å²) in [6.07, 6.45) is 8.73. The second kappa shape index (κ2) is 5.89. The monoisotopic (exact) mass is 211 g/mol. The number of nitrogens with one attached hydrogen (secondary N) is 1. The molecule has 0 amide bonds. The van der Waals surface area contributed by atoms with E-state index in [-0.39, 0.29) is 5.54 Å². The molecule has 0 heterocycles. The summed E-state index contributed by atoms with van der Waals surface area (Å²) in [6.45, 7) is 10.3. The van der Waals surface area contributed by atoms with E-state index in [9.17, 15) is 0 Å². The maximum atomic E-state index is 3.65. The molecule has 0 aliphatic heterocycles. The summed E-state index contributed by atoms with van der Waals surface area (Å²) in [5.74, 6) is 1.93. The predicted molar refractivity (Wildman–Crippen MR) is 68.1 cm³/mol. The summed E-state index contributed by atoms with van der Waals surface area (Å²) in [4.78, 5) is 0. The van der Waals surface area contributed by atoms with E-state index in [4.69, 9.17) is 0 Å². The third kappa shape index (κ3) is 5.55. The summed E-state index contributed by atoms with van der Waals surface area (Å²) in [6, 6.07) is 0. The van der Waals surface area contributed by atoms with E-state index in [0.717, 1.165) is 11.8 Å². The standard InChI is InChI=1S/C14H29N/c1-5-12(11-15-14(2,3)4)10-13-8-6-7-9-13/h12-13,15H,5-11H2,1-4H3. The minimum Gasteiger partial charge on any atom is -0.312 e. The Morgan fingerprint density at radius 2 is 1.80 bits per heavy atom. The molecule has 90 valence electrons. The maximum Gasteiger partial charge on any atom is 0.00966 e. The lowest BCUT2D eigenvalue weighted by Gasteiger charge is -2.26. The average molecular weight is 211 g/mol. The molecule has 15 heavy (non-hydrogen) atoms. The van der Waals surface area contributed by atoms with E-state index in [2.05, 4.69) is 33.0 Å². The van der Waals surface area contributed by atoms with Gasteiger partial charge in [0.25, 0.3) is 0 Å². The first-order chi connectivity index (χ1) is 7.01. The number of hydrogen-bond acceptors (Lipinski definition) is 1. The molecule has 1 aliphatic carbocycles. The van der Waals surface area contributed by atoms with Gasteiger partial charge in [0.2, 0.25) is 0 Å². The third-order valence-electron chi connectivity index (χ3n) is 3.64. The van der Waals surface area contributed by atoms with Crippen LogP contribution in [0.1, 0.15) is 66.2 Å². The Bertz CT molecular complexity index is 163. The van der Waals surface area contributed by atoms with Crippen molar-refractivity contribution in [2.45, 2.75) is 71.8 Å². The van der Waals surface area contributed by atoms with E-state index in [1.807, 2.05) is 0 Å². The van der Waals surface area contributed by atoms with Crippen molar-refractivity contribution in [3.8, 4) is 0 Å². The van der Waals surface area contributed by atoms with Crippen molar-refractivity contribution in [2.75, 3.05) is 6.54 Å². The summed E-state index contributed by atoms with van der Waals surface area (Å²) in [5, 5.41) is 3.65. The Morgan fingerprint density at radius 3 is 2.27 bits per heavy atom. The van der Waals surface area contributed by atoms with Crippen molar-refractivity contribution in [2.24, 2.45) is 11.8 Å². The lowest BCUT2D eigenvalue weighted by atomic mass is 9.91. The minimum atomic E-state index is 0.281. The topological polar surface area (TPSA) is 12.0 Å². The maximum absolute atomic E-state index is 3.65. The normalized spacial score (nSPS) is 20.8. The zero-order valence-corrected chi connectivity index (χ0v) is 11.1. The van der Waals surface area contributed by atoms with Gasteiger partial charge in [-0.25, -0.2) is 0 Å². The molecule has 1 heteroatoms. The Labute approximate surface area is 96.0 Å². The van der Waals surface area contributed by atoms with E-state index in [1.165, 1.54) is 45.1 Å². The molecule has 1 N–H and O–H groups in total. The number of rotatable bonds is 5. The van der Waals surface area contributed by atoms with Gasteiger partial charge in [-0.2, -0.15) is 0 Å². The Hall–Kier alpha value is -0.0400. The first-order valence-corrected chi connectivity index (χ1v) is 6.76. The van der Waals surface area contributed by atoms with Crippen molar-refractivity contribution in [3.05, 3.63) is 0 Å². The van der Waals surface area contributed by atoms with Crippen LogP contribution in [0, 0.1) is 11.8 Å². The molecule has 0 aromatic rings. The van der Waals surface area contributed by atoms with Gasteiger partial charge in [-0.05, 0) is 45.6 Å². The van der Waals surface area contributed by atoms with Crippen LogP contribution < -0.4 is 5.32 Å². The highest BCUT2D eigenvalue weighted by molar-refractivity contribution is 4.76. The Kier molecular flexibility index (Phi) is 5.11. The molecule has 0 aromatic heterocycles. The van der Waals surface area contributed by atoms with E-state index in [0.29, 0.717) is 0 Å². The van der Waals surface area contributed by atoms with Crippen molar-refractivity contribution in [1.29, 1.82) is 0 Å². The van der Waals surface area contributed by atoms with Gasteiger partial charge < -0.3 is 5.32 Å². The molecule has 1 aliphatic rings. The third-order valence-corrected chi connectivity index (χ3v) is 3.64. The van der Waals surface area contributed by atoms with Gasteiger partial charge in [0.05, 0.1) is 0 Å². The van der Waals surface area contributed by atoms with Gasteiger partial charge in [0, 0.05) is 5.54 Å². The fourth-order valence-electron chi connectivity index (χ4n) is 2.56. The van der Waals surface area contributed by atoms with Crippen LogP contribution in [0.3, 0.4) is 0 Å². The highest BCUT2D eigenvalue weighted by Crippen LogP contribution is 2.31. The van der Waals surface area contributed by atoms with Crippen LogP contribution in [-0.2, 0) is 0 Å². The zero-order chi connectivity index (χ0) is 11.3. The average Bonchev–Trinajstić information content (AvgIpc) is 2.63. The highest BCUT2D eigenvalue weighted by Gasteiger charge is 2.20. The fourth-order valence-corrected chi connectivity index (χ4v) is 2.56. The minimum absolute atomic E-state index is 0.281. The summed E-state index contributed by atoms with van der Waals surface area (Å²) in [5.41, 5.74) is 0.281. The summed E-state index contributed by atoms with van der Waals surface area (Å²) in [7, 11) is 0. The lowest BCUT2D eigenvalue weighted by molar-refractivity contribution is 0.312. The molecule has 1 unspecified atom stereocenters. The molecule has 1 rings (SSSR count). The Morgan fingerprint density at radius 1 is 1.20 bits per heavy atom. The lowest BCUT2D eigenvalue weighted by Crippen LogP contribution is -2.39. The van der Waals surface area contributed by atoms with Gasteiger partial charge in [-0.15, -0.1) is 0 Å². The predicted octanol–water partition coefficient (Wildman–Crippen LogP) is 3.98. The first kappa shape index (κ1) is 13.0. The first-order valence-electron chi connectivity index (χ1n) is 6.76. The van der Waals surface area contributed by atoms with Crippen molar-refractivity contribution in [1.82, 2.24) is 5.32 Å². The van der Waals surface area contributed by atoms with Gasteiger partial charge in [0.1, 0.15) is 0 Å². The van der Waals surface area contributed by atoms with Crippen LogP contribution >= 0.6 is 0 Å². The van der Waals surface area contributed by atoms with Crippen molar-refractivity contribution in [3.63, 3.8) is 0 Å². The van der Waals surface area contributed by atoms with Gasteiger partial charge >= 0.3 is 0 Å². The number of hydrogen-bond donors (Lipinski definition) is 1. The van der Waals surface area contributed by atoms with Gasteiger partial charge in [0.15, 0.2) is 0 Å². The molecule has 1 fully saturated rings. The van der Waals surface area contributed by atoms with E-state index in [1.54, 1.807) is 0 Å². The second-order valence-corrected chi connectivity index (χ2v) is 6.29. The van der Waals surface area contributed by atoms with Gasteiger partial charge in [-0.1, -0.05) is 39.0 Å². The van der Waals surface area contributed by atoms with Crippen LogP contribution in [0.15, 0.2) is 0 Å². The molecule has 0 radical (unpaired) electrons. The molecular formula is C14H29N. The van der Waals surface area contributed by atoms with Crippen LogP contribution in [0.2, 0.25) is 0 Å². The molecule has 0 saturated heterocycles. The molecule has 0 aromatic carbocycles. The second-order valence-electron chi connectivity index (χ2n) is 6.29. The van der Waals surface area contributed by atoms with Crippen molar-refractivity contribution < 1.29 is 0 Å². The smallest absolute Gasteiger partial charge is 0.00966 e. The largest absolute Gasteiger partial charge is 0.312 e. The molecule has 1 saturated carbocycles. The summed E-state index contributed by atoms with van der Waals surface area (Å²) >= 11 is 0. The molecular weight excluding hydrogens is 182 g/mol. The quantitative estimate of drug-likeness (QED) is 0.725. The van der Waals surface area contributed by atoms with Crippen molar-refractivity contribution >= 4 is 0 Å². The Balaban J connectivity index is 2.22. The molecule has 1 atom stereocenters. The summed E-state index contributed by atoms with van der Waals surface area (Å²) < 4.78 is 0. The zero-order valence-electron chi connectivity index (χ0n) is 11.1. The van der Waals surface area contributed by atoms with E-state index < -0.39 is 0 Å². The molecule has 0 bridgehead atoms. The van der Waals surface area contributed by atoms with Crippen LogP contribution in [0.4, 0.5) is 0 Å². The highest BCUT2D eigenvalue weighted by atomic mass is 14.9. The van der Waals surface area contributed by atoms with E-state index >= 15 is 0 Å². The van der Waals surface area contributed by atoms with Crippen LogP contribution in [-0.4, -0.2) is 12.1 Å². The molecule has 0 spiro atoms. The fraction of sp³-hybridized carbons (Fsp3) is 1.00. The SMILES string of the molecule is CCC(CNC(C)(C)C)CC1CCCC1. The van der Waals surface area contributed by atoms with Crippen LogP contribution in [0.5, 0.6) is 0 Å². The van der Waals surface area contributed by atoms with Gasteiger partial charge in [-0.3, -0.25) is 0 Å². The van der Waals surface area contributed by atoms with Crippen LogP contribution in [0.25, 0.3) is 0 Å².